The van der Waals surface area contributed by atoms with Gasteiger partial charge in [-0.25, -0.2) is 0 Å². The van der Waals surface area contributed by atoms with Gasteiger partial charge in [-0.15, -0.1) is 0 Å². The molecule has 2 rings (SSSR count). The van der Waals surface area contributed by atoms with Crippen LogP contribution in [0, 0.1) is 6.92 Å². The Hall–Kier alpha value is -2.20. The highest BCUT2D eigenvalue weighted by Gasteiger charge is 2.11. The summed E-state index contributed by atoms with van der Waals surface area (Å²) < 4.78 is 0. The summed E-state index contributed by atoms with van der Waals surface area (Å²) in [6, 6.07) is 9.63. The Balaban J connectivity index is 2.26. The maximum atomic E-state index is 12.1. The third kappa shape index (κ3) is 2.80. The highest BCUT2D eigenvalue weighted by molar-refractivity contribution is 6.32. The molecule has 0 atom stereocenters. The molecule has 0 heterocycles. The molecule has 5 heteroatoms. The number of carbonyl (C=O) groups excluding carboxylic acids is 1. The molecule has 2 aromatic carbocycles. The number of anilines is 2. The van der Waals surface area contributed by atoms with Crippen molar-refractivity contribution in [2.75, 3.05) is 11.1 Å². The Labute approximate surface area is 115 Å². The monoisotopic (exact) mass is 276 g/mol. The van der Waals surface area contributed by atoms with E-state index in [0.29, 0.717) is 16.9 Å². The van der Waals surface area contributed by atoms with Crippen molar-refractivity contribution in [1.29, 1.82) is 0 Å². The van der Waals surface area contributed by atoms with Gasteiger partial charge in [-0.3, -0.25) is 4.79 Å². The molecule has 0 aliphatic heterocycles. The van der Waals surface area contributed by atoms with Crippen LogP contribution >= 0.6 is 11.6 Å². The van der Waals surface area contributed by atoms with Crippen LogP contribution in [-0.2, 0) is 0 Å². The average molecular weight is 277 g/mol. The van der Waals surface area contributed by atoms with Gasteiger partial charge in [-0.1, -0.05) is 17.7 Å². The number of halogens is 1. The van der Waals surface area contributed by atoms with Gasteiger partial charge in [0.15, 0.2) is 0 Å². The summed E-state index contributed by atoms with van der Waals surface area (Å²) in [5.74, 6) is -0.300. The predicted molar refractivity (Wildman–Crippen MR) is 76.7 cm³/mol. The van der Waals surface area contributed by atoms with Gasteiger partial charge in [0.25, 0.3) is 5.91 Å². The van der Waals surface area contributed by atoms with Crippen LogP contribution < -0.4 is 11.1 Å². The summed E-state index contributed by atoms with van der Waals surface area (Å²) in [5, 5.41) is 12.2. The molecule has 0 aliphatic rings. The van der Waals surface area contributed by atoms with Crippen LogP contribution in [0.25, 0.3) is 0 Å². The Morgan fingerprint density at radius 1 is 1.32 bits per heavy atom. The third-order valence-corrected chi connectivity index (χ3v) is 3.13. The maximum Gasteiger partial charge on any atom is 0.256 e. The molecule has 4 nitrogen and oxygen atoms in total. The van der Waals surface area contributed by atoms with Gasteiger partial charge >= 0.3 is 0 Å². The largest absolute Gasteiger partial charge is 0.506 e. The molecule has 19 heavy (non-hydrogen) atoms. The number of nitrogens with two attached hydrogens (primary N) is 1. The van der Waals surface area contributed by atoms with Gasteiger partial charge in [0.1, 0.15) is 5.75 Å². The predicted octanol–water partition coefficient (Wildman–Crippen LogP) is 3.19. The topological polar surface area (TPSA) is 75.4 Å². The number of hydrogen-bond donors (Lipinski definition) is 3. The summed E-state index contributed by atoms with van der Waals surface area (Å²) in [6.45, 7) is 1.79. The Morgan fingerprint density at radius 3 is 2.74 bits per heavy atom. The van der Waals surface area contributed by atoms with Crippen molar-refractivity contribution in [3.63, 3.8) is 0 Å². The normalized spacial score (nSPS) is 10.2. The van der Waals surface area contributed by atoms with Crippen LogP contribution in [0.4, 0.5) is 11.4 Å². The second-order valence-electron chi connectivity index (χ2n) is 4.14. The summed E-state index contributed by atoms with van der Waals surface area (Å²) in [4.78, 5) is 12.1. The van der Waals surface area contributed by atoms with Gasteiger partial charge in [0.2, 0.25) is 0 Å². The first kappa shape index (κ1) is 13.2. The molecule has 0 aromatic heterocycles. The van der Waals surface area contributed by atoms with Crippen molar-refractivity contribution in [2.24, 2.45) is 0 Å². The maximum absolute atomic E-state index is 12.1. The lowest BCUT2D eigenvalue weighted by molar-refractivity contribution is 0.102. The Morgan fingerprint density at radius 2 is 2.05 bits per heavy atom. The van der Waals surface area contributed by atoms with Gasteiger partial charge in [-0.2, -0.15) is 0 Å². The molecule has 0 fully saturated rings. The van der Waals surface area contributed by atoms with Crippen molar-refractivity contribution in [2.45, 2.75) is 6.92 Å². The zero-order valence-corrected chi connectivity index (χ0v) is 11.0. The van der Waals surface area contributed by atoms with Crippen molar-refractivity contribution in [3.05, 3.63) is 52.5 Å². The minimum Gasteiger partial charge on any atom is -0.506 e. The lowest BCUT2D eigenvalue weighted by atomic mass is 10.1. The minimum atomic E-state index is -0.272. The summed E-state index contributed by atoms with van der Waals surface area (Å²) in [6.07, 6.45) is 0. The van der Waals surface area contributed by atoms with Crippen molar-refractivity contribution < 1.29 is 9.90 Å². The van der Waals surface area contributed by atoms with E-state index in [-0.39, 0.29) is 16.7 Å². The molecule has 4 N–H and O–H groups in total. The third-order valence-electron chi connectivity index (χ3n) is 2.83. The summed E-state index contributed by atoms with van der Waals surface area (Å²) in [5.41, 5.74) is 8.07. The molecular weight excluding hydrogens is 264 g/mol. The minimum absolute atomic E-state index is 0.0280. The van der Waals surface area contributed by atoms with E-state index in [9.17, 15) is 9.90 Å². The van der Waals surface area contributed by atoms with Crippen molar-refractivity contribution in [3.8, 4) is 5.75 Å². The van der Waals surface area contributed by atoms with E-state index >= 15 is 0 Å². The van der Waals surface area contributed by atoms with E-state index in [0.717, 1.165) is 5.56 Å². The number of benzene rings is 2. The fourth-order valence-corrected chi connectivity index (χ4v) is 1.86. The van der Waals surface area contributed by atoms with Crippen LogP contribution in [0.3, 0.4) is 0 Å². The zero-order chi connectivity index (χ0) is 14.0. The quantitative estimate of drug-likeness (QED) is 0.582. The van der Waals surface area contributed by atoms with E-state index < -0.39 is 0 Å². The van der Waals surface area contributed by atoms with Crippen LogP contribution in [-0.4, -0.2) is 11.0 Å². The van der Waals surface area contributed by atoms with Crippen molar-refractivity contribution in [1.82, 2.24) is 0 Å². The Bertz CT molecular complexity index is 641. The van der Waals surface area contributed by atoms with Gasteiger partial charge in [0.05, 0.1) is 5.02 Å². The second-order valence-corrected chi connectivity index (χ2v) is 4.55. The molecule has 0 saturated heterocycles. The number of nitrogen functional groups attached to an aromatic ring is 1. The standard InChI is InChI=1S/C14H13ClN2O2/c1-8-10(3-2-4-12(8)16)14(19)17-9-5-6-13(18)11(15)7-9/h2-7,18H,16H2,1H3,(H,17,19). The van der Waals surface area contributed by atoms with Gasteiger partial charge in [-0.05, 0) is 42.8 Å². The molecular formula is C14H13ClN2O2. The molecule has 0 bridgehead atoms. The fraction of sp³-hybridized carbons (Fsp3) is 0.0714. The van der Waals surface area contributed by atoms with E-state index in [4.69, 9.17) is 17.3 Å². The van der Waals surface area contributed by atoms with Crippen LogP contribution in [0.1, 0.15) is 15.9 Å². The van der Waals surface area contributed by atoms with Crippen LogP contribution in [0.5, 0.6) is 5.75 Å². The smallest absolute Gasteiger partial charge is 0.256 e. The Kier molecular flexibility index (Phi) is 3.62. The van der Waals surface area contributed by atoms with E-state index in [1.54, 1.807) is 31.2 Å². The fourth-order valence-electron chi connectivity index (χ4n) is 1.68. The molecule has 2 aromatic rings. The highest BCUT2D eigenvalue weighted by Crippen LogP contribution is 2.26. The zero-order valence-electron chi connectivity index (χ0n) is 10.3. The van der Waals surface area contributed by atoms with E-state index in [1.807, 2.05) is 0 Å². The number of aromatic hydroxyl groups is 1. The van der Waals surface area contributed by atoms with Gasteiger partial charge < -0.3 is 16.2 Å². The molecule has 0 spiro atoms. The number of phenols is 1. The molecule has 1 amide bonds. The second kappa shape index (κ2) is 5.20. The van der Waals surface area contributed by atoms with E-state index in [2.05, 4.69) is 5.32 Å². The first-order valence-corrected chi connectivity index (χ1v) is 6.02. The number of carbonyl (C=O) groups is 1. The lowest BCUT2D eigenvalue weighted by Gasteiger charge is -2.09. The summed E-state index contributed by atoms with van der Waals surface area (Å²) in [7, 11) is 0. The molecule has 0 radical (unpaired) electrons. The first-order valence-electron chi connectivity index (χ1n) is 5.64. The number of hydrogen-bond acceptors (Lipinski definition) is 3. The first-order chi connectivity index (χ1) is 8.99. The van der Waals surface area contributed by atoms with E-state index in [1.165, 1.54) is 12.1 Å². The number of phenolic OH excluding ortho intramolecular Hbond substituents is 1. The number of amides is 1. The SMILES string of the molecule is Cc1c(N)cccc1C(=O)Nc1ccc(O)c(Cl)c1. The molecule has 0 aliphatic carbocycles. The lowest BCUT2D eigenvalue weighted by Crippen LogP contribution is -2.14. The van der Waals surface area contributed by atoms with Gasteiger partial charge in [0, 0.05) is 16.9 Å². The average Bonchev–Trinajstić information content (AvgIpc) is 2.37. The van der Waals surface area contributed by atoms with Crippen LogP contribution in [0.15, 0.2) is 36.4 Å². The number of nitrogens with one attached hydrogen (secondary N) is 1. The molecule has 0 unspecified atom stereocenters. The number of rotatable bonds is 2. The molecule has 98 valence electrons. The molecule has 0 saturated carbocycles. The van der Waals surface area contributed by atoms with Crippen LogP contribution in [0.2, 0.25) is 5.02 Å². The van der Waals surface area contributed by atoms with Crippen molar-refractivity contribution >= 4 is 28.9 Å². The highest BCUT2D eigenvalue weighted by atomic mass is 35.5. The summed E-state index contributed by atoms with van der Waals surface area (Å²) >= 11 is 5.78.